The van der Waals surface area contributed by atoms with Crippen molar-refractivity contribution in [2.75, 3.05) is 13.2 Å². The molecule has 0 spiro atoms. The topological polar surface area (TPSA) is 64.6 Å². The van der Waals surface area contributed by atoms with Gasteiger partial charge < -0.3 is 9.47 Å². The predicted molar refractivity (Wildman–Crippen MR) is 65.8 cm³/mol. The molecule has 20 heavy (non-hydrogen) atoms. The van der Waals surface area contributed by atoms with Gasteiger partial charge in [-0.2, -0.15) is 0 Å². The van der Waals surface area contributed by atoms with E-state index < -0.39 is 33.1 Å². The fraction of sp³-hybridized carbons (Fsp3) is 0.400. The Bertz CT molecular complexity index is 601. The van der Waals surface area contributed by atoms with Gasteiger partial charge in [-0.05, 0) is 18.2 Å². The Morgan fingerprint density at radius 1 is 1.35 bits per heavy atom. The number of alkyl halides is 3. The molecular formula is C10H9BrF3NO4S. The molecule has 0 radical (unpaired) electrons. The molecule has 1 saturated heterocycles. The second-order valence-corrected chi connectivity index (χ2v) is 6.59. The smallest absolute Gasteiger partial charge is 0.404 e. The fourth-order valence-corrected chi connectivity index (χ4v) is 3.15. The standard InChI is InChI=1S/C10H9BrF3NO4S/c11-6-1-2-9(8(3-6)19-10(12,13)14)20(16,17)15-7-4-18-5-7/h1-3,7,15H,4-5H2. The SMILES string of the molecule is O=S(=O)(NC1COC1)c1ccc(Br)cc1OC(F)(F)F. The summed E-state index contributed by atoms with van der Waals surface area (Å²) in [6.07, 6.45) is -4.98. The Morgan fingerprint density at radius 2 is 2.00 bits per heavy atom. The van der Waals surface area contributed by atoms with E-state index in [1.54, 1.807) is 0 Å². The molecule has 0 atom stereocenters. The third-order valence-corrected chi connectivity index (χ3v) is 4.43. The second-order valence-electron chi connectivity index (χ2n) is 3.99. The van der Waals surface area contributed by atoms with Crippen LogP contribution in [0.3, 0.4) is 0 Å². The molecule has 5 nitrogen and oxygen atoms in total. The average Bonchev–Trinajstić information content (AvgIpc) is 2.21. The number of hydrogen-bond acceptors (Lipinski definition) is 4. The highest BCUT2D eigenvalue weighted by molar-refractivity contribution is 9.10. The lowest BCUT2D eigenvalue weighted by Crippen LogP contribution is -2.48. The Hall–Kier alpha value is -0.840. The summed E-state index contributed by atoms with van der Waals surface area (Å²) in [5, 5.41) is 0. The van der Waals surface area contributed by atoms with Gasteiger partial charge in [-0.25, -0.2) is 13.1 Å². The van der Waals surface area contributed by atoms with E-state index in [-0.39, 0.29) is 17.7 Å². The van der Waals surface area contributed by atoms with E-state index in [1.165, 1.54) is 6.07 Å². The number of halogens is 4. The van der Waals surface area contributed by atoms with Crippen LogP contribution in [-0.2, 0) is 14.8 Å². The molecule has 0 unspecified atom stereocenters. The van der Waals surface area contributed by atoms with Crippen LogP contribution >= 0.6 is 15.9 Å². The molecule has 0 aromatic heterocycles. The number of nitrogens with one attached hydrogen (secondary N) is 1. The maximum atomic E-state index is 12.3. The molecule has 1 aliphatic heterocycles. The van der Waals surface area contributed by atoms with Crippen LogP contribution in [0.2, 0.25) is 0 Å². The molecule has 112 valence electrons. The van der Waals surface area contributed by atoms with Gasteiger partial charge in [-0.3, -0.25) is 0 Å². The molecule has 2 rings (SSSR count). The highest BCUT2D eigenvalue weighted by atomic mass is 79.9. The van der Waals surface area contributed by atoms with Gasteiger partial charge in [0, 0.05) is 4.47 Å². The zero-order valence-corrected chi connectivity index (χ0v) is 12.2. The molecule has 0 amide bonds. The van der Waals surface area contributed by atoms with Gasteiger partial charge >= 0.3 is 6.36 Å². The largest absolute Gasteiger partial charge is 0.573 e. The molecule has 10 heteroatoms. The Labute approximate surface area is 121 Å². The summed E-state index contributed by atoms with van der Waals surface area (Å²) < 4.78 is 72.0. The lowest BCUT2D eigenvalue weighted by molar-refractivity contribution is -0.275. The maximum Gasteiger partial charge on any atom is 0.573 e. The predicted octanol–water partition coefficient (Wildman–Crippen LogP) is 2.02. The maximum absolute atomic E-state index is 12.3. The van der Waals surface area contributed by atoms with Gasteiger partial charge in [0.25, 0.3) is 0 Å². The third kappa shape index (κ3) is 3.84. The Balaban J connectivity index is 2.34. The molecule has 0 saturated carbocycles. The first-order valence-corrected chi connectivity index (χ1v) is 7.60. The first-order valence-electron chi connectivity index (χ1n) is 5.33. The van der Waals surface area contributed by atoms with Crippen LogP contribution in [0.1, 0.15) is 0 Å². The van der Waals surface area contributed by atoms with E-state index in [2.05, 4.69) is 25.4 Å². The molecule has 1 fully saturated rings. The summed E-state index contributed by atoms with van der Waals surface area (Å²) in [7, 11) is -4.12. The van der Waals surface area contributed by atoms with Crippen molar-refractivity contribution in [3.63, 3.8) is 0 Å². The fourth-order valence-electron chi connectivity index (χ4n) is 1.49. The van der Waals surface area contributed by atoms with Gasteiger partial charge in [0.05, 0.1) is 19.3 Å². The monoisotopic (exact) mass is 375 g/mol. The van der Waals surface area contributed by atoms with Crippen LogP contribution in [-0.4, -0.2) is 34.0 Å². The Morgan fingerprint density at radius 3 is 2.50 bits per heavy atom. The van der Waals surface area contributed by atoms with Crippen molar-refractivity contribution in [2.24, 2.45) is 0 Å². The van der Waals surface area contributed by atoms with Crippen molar-refractivity contribution >= 4 is 26.0 Å². The third-order valence-electron chi connectivity index (χ3n) is 2.38. The first kappa shape index (κ1) is 15.5. The Kier molecular flexibility index (Phi) is 4.28. The lowest BCUT2D eigenvalue weighted by atomic mass is 10.3. The molecule has 1 heterocycles. The number of sulfonamides is 1. The summed E-state index contributed by atoms with van der Waals surface area (Å²) in [6, 6.07) is 2.85. The van der Waals surface area contributed by atoms with Gasteiger partial charge in [-0.1, -0.05) is 15.9 Å². The zero-order valence-electron chi connectivity index (χ0n) is 9.78. The highest BCUT2D eigenvalue weighted by Crippen LogP contribution is 2.32. The molecule has 1 aromatic rings. The van der Waals surface area contributed by atoms with E-state index in [9.17, 15) is 21.6 Å². The first-order chi connectivity index (χ1) is 9.17. The summed E-state index contributed by atoms with van der Waals surface area (Å²) in [5.74, 6) is -0.792. The number of ether oxygens (including phenoxy) is 2. The normalized spacial score (nSPS) is 16.8. The number of rotatable bonds is 4. The molecular weight excluding hydrogens is 367 g/mol. The highest BCUT2D eigenvalue weighted by Gasteiger charge is 2.35. The van der Waals surface area contributed by atoms with Crippen molar-refractivity contribution < 1.29 is 31.1 Å². The average molecular weight is 376 g/mol. The van der Waals surface area contributed by atoms with Crippen LogP contribution in [0.15, 0.2) is 27.6 Å². The van der Waals surface area contributed by atoms with Gasteiger partial charge in [0.1, 0.15) is 4.90 Å². The van der Waals surface area contributed by atoms with Gasteiger partial charge in [-0.15, -0.1) is 13.2 Å². The number of hydrogen-bond donors (Lipinski definition) is 1. The van der Waals surface area contributed by atoms with Crippen molar-refractivity contribution in [1.82, 2.24) is 4.72 Å². The van der Waals surface area contributed by atoms with Crippen molar-refractivity contribution in [2.45, 2.75) is 17.3 Å². The van der Waals surface area contributed by atoms with Crippen molar-refractivity contribution in [3.8, 4) is 5.75 Å². The summed E-state index contributed by atoms with van der Waals surface area (Å²) >= 11 is 2.96. The second kappa shape index (κ2) is 5.51. The minimum atomic E-state index is -4.98. The van der Waals surface area contributed by atoms with Crippen LogP contribution in [0.25, 0.3) is 0 Å². The van der Waals surface area contributed by atoms with E-state index in [0.29, 0.717) is 0 Å². The quantitative estimate of drug-likeness (QED) is 0.874. The van der Waals surface area contributed by atoms with E-state index in [1.807, 2.05) is 0 Å². The minimum absolute atomic E-state index is 0.186. The lowest BCUT2D eigenvalue weighted by Gasteiger charge is -2.27. The molecule has 1 aliphatic rings. The van der Waals surface area contributed by atoms with Gasteiger partial charge in [0.2, 0.25) is 10.0 Å². The van der Waals surface area contributed by atoms with Crippen LogP contribution in [0, 0.1) is 0 Å². The van der Waals surface area contributed by atoms with E-state index in [0.717, 1.165) is 12.1 Å². The summed E-state index contributed by atoms with van der Waals surface area (Å²) in [6.45, 7) is 0.371. The minimum Gasteiger partial charge on any atom is -0.404 e. The summed E-state index contributed by atoms with van der Waals surface area (Å²) in [4.78, 5) is -0.579. The molecule has 1 N–H and O–H groups in total. The van der Waals surface area contributed by atoms with Gasteiger partial charge in [0.15, 0.2) is 5.75 Å². The molecule has 0 bridgehead atoms. The molecule has 0 aliphatic carbocycles. The summed E-state index contributed by atoms with van der Waals surface area (Å²) in [5.41, 5.74) is 0. The van der Waals surface area contributed by atoms with Crippen molar-refractivity contribution in [3.05, 3.63) is 22.7 Å². The van der Waals surface area contributed by atoms with Crippen molar-refractivity contribution in [1.29, 1.82) is 0 Å². The van der Waals surface area contributed by atoms with Crippen LogP contribution in [0.4, 0.5) is 13.2 Å². The van der Waals surface area contributed by atoms with Crippen LogP contribution in [0.5, 0.6) is 5.75 Å². The van der Waals surface area contributed by atoms with E-state index in [4.69, 9.17) is 4.74 Å². The zero-order chi connectivity index (χ0) is 15.0. The van der Waals surface area contributed by atoms with Crippen LogP contribution < -0.4 is 9.46 Å². The number of benzene rings is 1. The molecule has 1 aromatic carbocycles. The van der Waals surface area contributed by atoms with E-state index >= 15 is 0 Å².